The summed E-state index contributed by atoms with van der Waals surface area (Å²) < 4.78 is 10.9. The summed E-state index contributed by atoms with van der Waals surface area (Å²) in [5.41, 5.74) is 4.18. The average molecular weight is 501 g/mol. The quantitative estimate of drug-likeness (QED) is 0.418. The fraction of sp³-hybridized carbons (Fsp3) is 0.538. The smallest absolute Gasteiger partial charge is 0.260 e. The Bertz CT molecular complexity index is 1170. The van der Waals surface area contributed by atoms with E-state index in [0.717, 1.165) is 66.5 Å². The molecule has 2 aromatic heterocycles. The number of thiophene rings is 1. The normalized spacial score (nSPS) is 15.8. The highest BCUT2D eigenvalue weighted by Crippen LogP contribution is 2.33. The summed E-state index contributed by atoms with van der Waals surface area (Å²) in [6.07, 6.45) is -0.604. The molecule has 1 atom stereocenters. The zero-order valence-electron chi connectivity index (χ0n) is 20.9. The molecule has 2 N–H and O–H groups in total. The molecular formula is C26H36N4O4S. The molecule has 3 heterocycles. The van der Waals surface area contributed by atoms with Crippen molar-refractivity contribution in [2.45, 2.75) is 33.4 Å². The van der Waals surface area contributed by atoms with E-state index in [0.29, 0.717) is 30.9 Å². The van der Waals surface area contributed by atoms with Gasteiger partial charge in [0.25, 0.3) is 5.56 Å². The minimum absolute atomic E-state index is 0.120. The summed E-state index contributed by atoms with van der Waals surface area (Å²) in [7, 11) is 0. The lowest BCUT2D eigenvalue weighted by Gasteiger charge is -2.30. The number of benzene rings is 1. The lowest BCUT2D eigenvalue weighted by Crippen LogP contribution is -2.43. The highest BCUT2D eigenvalue weighted by Gasteiger charge is 2.19. The first-order valence-electron chi connectivity index (χ1n) is 12.3. The van der Waals surface area contributed by atoms with Crippen molar-refractivity contribution in [3.63, 3.8) is 0 Å². The van der Waals surface area contributed by atoms with E-state index in [9.17, 15) is 9.90 Å². The van der Waals surface area contributed by atoms with E-state index in [2.05, 4.69) is 46.8 Å². The number of aliphatic hydroxyl groups is 1. The van der Waals surface area contributed by atoms with E-state index < -0.39 is 6.10 Å². The average Bonchev–Trinajstić information content (AvgIpc) is 3.28. The predicted molar refractivity (Wildman–Crippen MR) is 140 cm³/mol. The Morgan fingerprint density at radius 1 is 1.29 bits per heavy atom. The summed E-state index contributed by atoms with van der Waals surface area (Å²) in [5, 5.41) is 13.1. The van der Waals surface area contributed by atoms with Crippen LogP contribution in [0.25, 0.3) is 21.3 Å². The van der Waals surface area contributed by atoms with Gasteiger partial charge in [0, 0.05) is 50.3 Å². The van der Waals surface area contributed by atoms with Crippen LogP contribution in [0.5, 0.6) is 0 Å². The first kappa shape index (κ1) is 25.9. The van der Waals surface area contributed by atoms with Gasteiger partial charge >= 0.3 is 0 Å². The number of H-pyrrole nitrogens is 1. The van der Waals surface area contributed by atoms with E-state index in [1.54, 1.807) is 0 Å². The number of rotatable bonds is 11. The standard InChI is InChI=1S/C26H36N4O4S/c1-4-33-16-20(31)14-30(8-7-29-9-11-34-12-10-29)15-23-27-25(32)24-22(17-35-26(24)28-23)21-13-18(2)5-6-19(21)3/h5-6,13,17,20,31H,4,7-12,14-16H2,1-3H3,(H,27,28,32). The first-order chi connectivity index (χ1) is 16.9. The molecule has 190 valence electrons. The Morgan fingerprint density at radius 2 is 2.09 bits per heavy atom. The van der Waals surface area contributed by atoms with Gasteiger partial charge in [0.15, 0.2) is 0 Å². The molecule has 1 unspecified atom stereocenters. The van der Waals surface area contributed by atoms with Gasteiger partial charge in [-0.2, -0.15) is 0 Å². The van der Waals surface area contributed by atoms with E-state index >= 15 is 0 Å². The van der Waals surface area contributed by atoms with Crippen LogP contribution < -0.4 is 5.56 Å². The van der Waals surface area contributed by atoms with Crippen molar-refractivity contribution in [3.05, 3.63) is 50.9 Å². The molecule has 3 aromatic rings. The van der Waals surface area contributed by atoms with E-state index in [-0.39, 0.29) is 12.2 Å². The SMILES string of the molecule is CCOCC(O)CN(CCN1CCOCC1)Cc1nc2scc(-c3cc(C)ccc3C)c2c(=O)[nH]1. The number of aryl methyl sites for hydroxylation is 2. The van der Waals surface area contributed by atoms with Crippen molar-refractivity contribution in [2.75, 3.05) is 59.2 Å². The van der Waals surface area contributed by atoms with Crippen molar-refractivity contribution in [2.24, 2.45) is 0 Å². The zero-order chi connectivity index (χ0) is 24.8. The molecule has 0 amide bonds. The third-order valence-corrected chi connectivity index (χ3v) is 7.24. The predicted octanol–water partition coefficient (Wildman–Crippen LogP) is 2.80. The zero-order valence-corrected chi connectivity index (χ0v) is 21.7. The summed E-state index contributed by atoms with van der Waals surface area (Å²) >= 11 is 1.50. The fourth-order valence-corrected chi connectivity index (χ4v) is 5.41. The number of ether oxygens (including phenoxy) is 2. The minimum Gasteiger partial charge on any atom is -0.389 e. The first-order valence-corrected chi connectivity index (χ1v) is 13.2. The van der Waals surface area contributed by atoms with Crippen molar-refractivity contribution in [3.8, 4) is 11.1 Å². The number of hydrogen-bond donors (Lipinski definition) is 2. The lowest BCUT2D eigenvalue weighted by molar-refractivity contribution is 0.00942. The summed E-state index contributed by atoms with van der Waals surface area (Å²) in [6, 6.07) is 6.29. The molecule has 0 saturated carbocycles. The summed E-state index contributed by atoms with van der Waals surface area (Å²) in [4.78, 5) is 26.3. The van der Waals surface area contributed by atoms with E-state index in [1.165, 1.54) is 11.3 Å². The van der Waals surface area contributed by atoms with Gasteiger partial charge in [0.2, 0.25) is 0 Å². The lowest BCUT2D eigenvalue weighted by atomic mass is 9.99. The highest BCUT2D eigenvalue weighted by molar-refractivity contribution is 7.17. The van der Waals surface area contributed by atoms with Gasteiger partial charge in [0.1, 0.15) is 10.7 Å². The molecule has 4 rings (SSSR count). The van der Waals surface area contributed by atoms with Crippen molar-refractivity contribution >= 4 is 21.6 Å². The number of aromatic amines is 1. The van der Waals surface area contributed by atoms with Gasteiger partial charge in [-0.15, -0.1) is 11.3 Å². The molecule has 1 fully saturated rings. The van der Waals surface area contributed by atoms with Crippen LogP contribution in [-0.2, 0) is 16.0 Å². The van der Waals surface area contributed by atoms with Gasteiger partial charge in [-0.3, -0.25) is 14.6 Å². The largest absolute Gasteiger partial charge is 0.389 e. The van der Waals surface area contributed by atoms with Crippen LogP contribution in [0, 0.1) is 13.8 Å². The van der Waals surface area contributed by atoms with Crippen LogP contribution in [0.2, 0.25) is 0 Å². The minimum atomic E-state index is -0.604. The fourth-order valence-electron chi connectivity index (χ4n) is 4.45. The molecule has 9 heteroatoms. The molecule has 1 aromatic carbocycles. The van der Waals surface area contributed by atoms with Crippen molar-refractivity contribution < 1.29 is 14.6 Å². The number of nitrogens with one attached hydrogen (secondary N) is 1. The third-order valence-electron chi connectivity index (χ3n) is 6.37. The van der Waals surface area contributed by atoms with Crippen LogP contribution >= 0.6 is 11.3 Å². The number of morpholine rings is 1. The van der Waals surface area contributed by atoms with Crippen LogP contribution in [-0.4, -0.2) is 90.1 Å². The summed E-state index contributed by atoms with van der Waals surface area (Å²) in [5.74, 6) is 0.613. The molecule has 1 saturated heterocycles. The van der Waals surface area contributed by atoms with Crippen molar-refractivity contribution in [1.29, 1.82) is 0 Å². The number of hydrogen-bond acceptors (Lipinski definition) is 8. The molecule has 0 bridgehead atoms. The van der Waals surface area contributed by atoms with Gasteiger partial charge in [-0.05, 0) is 31.9 Å². The van der Waals surface area contributed by atoms with Crippen LogP contribution in [0.3, 0.4) is 0 Å². The van der Waals surface area contributed by atoms with Gasteiger partial charge in [0.05, 0.1) is 37.9 Å². The Morgan fingerprint density at radius 3 is 2.86 bits per heavy atom. The maximum absolute atomic E-state index is 13.2. The number of nitrogens with zero attached hydrogens (tertiary/aromatic N) is 3. The molecular weight excluding hydrogens is 464 g/mol. The molecule has 1 aliphatic rings. The third kappa shape index (κ3) is 6.75. The van der Waals surface area contributed by atoms with Crippen molar-refractivity contribution in [1.82, 2.24) is 19.8 Å². The van der Waals surface area contributed by atoms with E-state index in [1.807, 2.05) is 12.3 Å². The molecule has 8 nitrogen and oxygen atoms in total. The number of aliphatic hydroxyl groups excluding tert-OH is 1. The Balaban J connectivity index is 1.55. The second kappa shape index (κ2) is 12.2. The van der Waals surface area contributed by atoms with Crippen LogP contribution in [0.15, 0.2) is 28.4 Å². The van der Waals surface area contributed by atoms with Gasteiger partial charge in [-0.1, -0.05) is 23.8 Å². The second-order valence-electron chi connectivity index (χ2n) is 9.16. The maximum Gasteiger partial charge on any atom is 0.260 e. The highest BCUT2D eigenvalue weighted by atomic mass is 32.1. The maximum atomic E-state index is 13.2. The van der Waals surface area contributed by atoms with Gasteiger partial charge in [-0.25, -0.2) is 4.98 Å². The molecule has 0 spiro atoms. The van der Waals surface area contributed by atoms with Crippen LogP contribution in [0.1, 0.15) is 23.9 Å². The Labute approximate surface area is 210 Å². The monoisotopic (exact) mass is 500 g/mol. The Kier molecular flexibility index (Phi) is 9.04. The number of fused-ring (bicyclic) bond motifs is 1. The van der Waals surface area contributed by atoms with E-state index in [4.69, 9.17) is 14.5 Å². The molecule has 0 aliphatic carbocycles. The van der Waals surface area contributed by atoms with Crippen LogP contribution in [0.4, 0.5) is 0 Å². The van der Waals surface area contributed by atoms with Gasteiger partial charge < -0.3 is 19.6 Å². The molecule has 0 radical (unpaired) electrons. The number of aromatic nitrogens is 2. The second-order valence-corrected chi connectivity index (χ2v) is 10.0. The molecule has 35 heavy (non-hydrogen) atoms. The molecule has 1 aliphatic heterocycles. The summed E-state index contributed by atoms with van der Waals surface area (Å²) in [6.45, 7) is 12.7. The topological polar surface area (TPSA) is 90.9 Å². The Hall–Kier alpha value is -2.14.